The van der Waals surface area contributed by atoms with Crippen molar-refractivity contribution in [2.24, 2.45) is 5.73 Å². The third kappa shape index (κ3) is 3.26. The van der Waals surface area contributed by atoms with Gasteiger partial charge in [0.05, 0.1) is 5.60 Å². The molecule has 1 aromatic carbocycles. The largest absolute Gasteiger partial charge is 0.377 e. The lowest BCUT2D eigenvalue weighted by molar-refractivity contribution is -0.0695. The summed E-state index contributed by atoms with van der Waals surface area (Å²) in [4.78, 5) is 11.0. The molecule has 1 aliphatic rings. The van der Waals surface area contributed by atoms with E-state index in [-0.39, 0.29) is 5.60 Å². The summed E-state index contributed by atoms with van der Waals surface area (Å²) < 4.78 is 5.54. The Morgan fingerprint density at radius 2 is 2.26 bits per heavy atom. The second kappa shape index (κ2) is 5.90. The van der Waals surface area contributed by atoms with E-state index in [4.69, 9.17) is 22.1 Å². The minimum absolute atomic E-state index is 0.000356. The Morgan fingerprint density at radius 1 is 1.53 bits per heavy atom. The molecule has 0 spiro atoms. The number of hydrogen-bond acceptors (Lipinski definition) is 3. The zero-order valence-corrected chi connectivity index (χ0v) is 11.8. The van der Waals surface area contributed by atoms with Crippen LogP contribution in [-0.2, 0) is 11.3 Å². The van der Waals surface area contributed by atoms with Gasteiger partial charge in [-0.3, -0.25) is 4.79 Å². The number of hydrogen-bond donors (Lipinski definition) is 2. The van der Waals surface area contributed by atoms with Crippen LogP contribution in [0.5, 0.6) is 0 Å². The highest BCUT2D eigenvalue weighted by Crippen LogP contribution is 2.34. The fourth-order valence-corrected chi connectivity index (χ4v) is 2.54. The molecule has 0 saturated heterocycles. The van der Waals surface area contributed by atoms with Crippen molar-refractivity contribution in [2.45, 2.75) is 31.4 Å². The molecule has 1 fully saturated rings. The van der Waals surface area contributed by atoms with E-state index in [1.54, 1.807) is 19.2 Å². The van der Waals surface area contributed by atoms with Crippen LogP contribution in [0.1, 0.15) is 35.2 Å². The van der Waals surface area contributed by atoms with Crippen molar-refractivity contribution in [3.05, 3.63) is 34.3 Å². The maximum Gasteiger partial charge on any atom is 0.248 e. The number of rotatable bonds is 6. The fourth-order valence-electron chi connectivity index (χ4n) is 2.29. The van der Waals surface area contributed by atoms with Gasteiger partial charge in [0.2, 0.25) is 5.91 Å². The molecule has 0 unspecified atom stereocenters. The molecule has 3 N–H and O–H groups in total. The zero-order chi connectivity index (χ0) is 13.9. The van der Waals surface area contributed by atoms with Crippen LogP contribution in [0.4, 0.5) is 0 Å². The van der Waals surface area contributed by atoms with Crippen molar-refractivity contribution in [1.82, 2.24) is 5.32 Å². The molecule has 1 saturated carbocycles. The molecular weight excluding hydrogens is 264 g/mol. The van der Waals surface area contributed by atoms with Crippen molar-refractivity contribution in [3.8, 4) is 0 Å². The average Bonchev–Trinajstić information content (AvgIpc) is 2.34. The lowest BCUT2D eigenvalue weighted by atomic mass is 9.80. The van der Waals surface area contributed by atoms with Crippen LogP contribution in [0.3, 0.4) is 0 Å². The van der Waals surface area contributed by atoms with Gasteiger partial charge in [0.25, 0.3) is 0 Å². The molecule has 5 heteroatoms. The van der Waals surface area contributed by atoms with Gasteiger partial charge < -0.3 is 15.8 Å². The molecule has 0 bridgehead atoms. The highest BCUT2D eigenvalue weighted by Gasteiger charge is 2.36. The molecule has 0 atom stereocenters. The van der Waals surface area contributed by atoms with E-state index in [2.05, 4.69) is 5.32 Å². The van der Waals surface area contributed by atoms with Crippen LogP contribution in [-0.4, -0.2) is 25.2 Å². The number of halogens is 1. The third-order valence-electron chi connectivity index (χ3n) is 3.80. The van der Waals surface area contributed by atoms with Crippen molar-refractivity contribution in [2.75, 3.05) is 13.7 Å². The van der Waals surface area contributed by atoms with Crippen molar-refractivity contribution in [3.63, 3.8) is 0 Å². The predicted octanol–water partition coefficient (Wildman–Crippen LogP) is 2.10. The van der Waals surface area contributed by atoms with Crippen LogP contribution < -0.4 is 11.1 Å². The lowest BCUT2D eigenvalue weighted by Crippen LogP contribution is -2.47. The number of ether oxygens (including phenoxy) is 1. The van der Waals surface area contributed by atoms with Crippen LogP contribution in [0.15, 0.2) is 18.2 Å². The van der Waals surface area contributed by atoms with E-state index in [1.165, 1.54) is 6.42 Å². The van der Waals surface area contributed by atoms with E-state index >= 15 is 0 Å². The Balaban J connectivity index is 1.91. The van der Waals surface area contributed by atoms with Crippen LogP contribution in [0, 0.1) is 0 Å². The quantitative estimate of drug-likeness (QED) is 0.840. The zero-order valence-electron chi connectivity index (χ0n) is 11.0. The van der Waals surface area contributed by atoms with E-state index in [0.29, 0.717) is 17.1 Å². The minimum Gasteiger partial charge on any atom is -0.377 e. The van der Waals surface area contributed by atoms with Gasteiger partial charge >= 0.3 is 0 Å². The number of carbonyl (C=O) groups excluding carboxylic acids is 1. The molecule has 1 aromatic rings. The summed E-state index contributed by atoms with van der Waals surface area (Å²) in [6.45, 7) is 1.47. The van der Waals surface area contributed by atoms with Gasteiger partial charge in [-0.15, -0.1) is 0 Å². The smallest absolute Gasteiger partial charge is 0.248 e. The maximum atomic E-state index is 11.0. The first-order valence-corrected chi connectivity index (χ1v) is 6.78. The second-order valence-corrected chi connectivity index (χ2v) is 5.42. The molecular formula is C14H19ClN2O2. The Kier molecular flexibility index (Phi) is 4.45. The number of nitrogens with two attached hydrogens (primary N) is 1. The molecule has 1 amide bonds. The minimum atomic E-state index is -0.464. The van der Waals surface area contributed by atoms with Crippen LogP contribution >= 0.6 is 11.6 Å². The number of carbonyl (C=O) groups is 1. The summed E-state index contributed by atoms with van der Waals surface area (Å²) in [6.07, 6.45) is 3.43. The Bertz CT molecular complexity index is 467. The van der Waals surface area contributed by atoms with Gasteiger partial charge in [-0.1, -0.05) is 17.7 Å². The number of methoxy groups -OCH3 is 1. The van der Waals surface area contributed by atoms with E-state index < -0.39 is 5.91 Å². The summed E-state index contributed by atoms with van der Waals surface area (Å²) in [7, 11) is 1.76. The van der Waals surface area contributed by atoms with Gasteiger partial charge in [0.1, 0.15) is 0 Å². The summed E-state index contributed by atoms with van der Waals surface area (Å²) in [5, 5.41) is 3.92. The molecule has 2 rings (SSSR count). The summed E-state index contributed by atoms with van der Waals surface area (Å²) >= 11 is 6.13. The highest BCUT2D eigenvalue weighted by atomic mass is 35.5. The number of primary amides is 1. The summed E-state index contributed by atoms with van der Waals surface area (Å²) in [5.41, 5.74) is 6.59. The monoisotopic (exact) mass is 282 g/mol. The first-order chi connectivity index (χ1) is 9.06. The first-order valence-electron chi connectivity index (χ1n) is 6.40. The van der Waals surface area contributed by atoms with E-state index in [1.807, 2.05) is 6.07 Å². The third-order valence-corrected chi connectivity index (χ3v) is 4.15. The van der Waals surface area contributed by atoms with Gasteiger partial charge in [0.15, 0.2) is 0 Å². The molecule has 19 heavy (non-hydrogen) atoms. The maximum absolute atomic E-state index is 11.0. The van der Waals surface area contributed by atoms with Gasteiger partial charge in [0, 0.05) is 30.8 Å². The van der Waals surface area contributed by atoms with Crippen LogP contribution in [0.2, 0.25) is 5.02 Å². The standard InChI is InChI=1S/C14H19ClN2O2/c1-19-14(5-2-6-14)9-17-8-11-4-3-10(13(16)18)7-12(11)15/h3-4,7,17H,2,5-6,8-9H2,1H3,(H2,16,18). The Hall–Kier alpha value is -1.10. The molecule has 0 aromatic heterocycles. The highest BCUT2D eigenvalue weighted by molar-refractivity contribution is 6.31. The molecule has 104 valence electrons. The van der Waals surface area contributed by atoms with E-state index in [9.17, 15) is 4.79 Å². The molecule has 1 aliphatic carbocycles. The Morgan fingerprint density at radius 3 is 2.74 bits per heavy atom. The lowest BCUT2D eigenvalue weighted by Gasteiger charge is -2.40. The van der Waals surface area contributed by atoms with Crippen molar-refractivity contribution >= 4 is 17.5 Å². The SMILES string of the molecule is COC1(CNCc2ccc(C(N)=O)cc2Cl)CCC1. The number of nitrogens with one attached hydrogen (secondary N) is 1. The van der Waals surface area contributed by atoms with E-state index in [0.717, 1.165) is 24.9 Å². The molecule has 4 nitrogen and oxygen atoms in total. The van der Waals surface area contributed by atoms with Gasteiger partial charge in [-0.2, -0.15) is 0 Å². The topological polar surface area (TPSA) is 64.3 Å². The normalized spacial score (nSPS) is 16.9. The van der Waals surface area contributed by atoms with Gasteiger partial charge in [-0.25, -0.2) is 0 Å². The first kappa shape index (κ1) is 14.3. The Labute approximate surface area is 118 Å². The molecule has 0 radical (unpaired) electrons. The summed E-state index contributed by atoms with van der Waals surface area (Å²) in [5.74, 6) is -0.464. The van der Waals surface area contributed by atoms with Crippen molar-refractivity contribution < 1.29 is 9.53 Å². The van der Waals surface area contributed by atoms with Crippen LogP contribution in [0.25, 0.3) is 0 Å². The average molecular weight is 283 g/mol. The number of amides is 1. The summed E-state index contributed by atoms with van der Waals surface area (Å²) in [6, 6.07) is 5.13. The second-order valence-electron chi connectivity index (χ2n) is 5.01. The molecule has 0 aliphatic heterocycles. The molecule has 0 heterocycles. The number of benzene rings is 1. The van der Waals surface area contributed by atoms with Gasteiger partial charge in [-0.05, 0) is 37.0 Å². The predicted molar refractivity (Wildman–Crippen MR) is 75.3 cm³/mol. The fraction of sp³-hybridized carbons (Fsp3) is 0.500. The van der Waals surface area contributed by atoms with Crippen molar-refractivity contribution in [1.29, 1.82) is 0 Å².